The number of ether oxygens (including phenoxy) is 4. The van der Waals surface area contributed by atoms with Crippen LogP contribution in [0.3, 0.4) is 0 Å². The van der Waals surface area contributed by atoms with Crippen molar-refractivity contribution >= 4 is 17.8 Å². The third-order valence-electron chi connectivity index (χ3n) is 11.6. The number of nitrogens with zero attached hydrogens (tertiary/aromatic N) is 3. The summed E-state index contributed by atoms with van der Waals surface area (Å²) in [6.45, 7) is 6.30. The van der Waals surface area contributed by atoms with Crippen molar-refractivity contribution in [3.8, 4) is 17.2 Å². The molecule has 0 aliphatic carbocycles. The van der Waals surface area contributed by atoms with Gasteiger partial charge in [0.15, 0.2) is 11.5 Å². The van der Waals surface area contributed by atoms with Crippen LogP contribution in [0.1, 0.15) is 73.4 Å². The summed E-state index contributed by atoms with van der Waals surface area (Å²) in [5.74, 6) is 0.940. The largest absolute Gasteiger partial charge is 0.493 e. The van der Waals surface area contributed by atoms with E-state index in [0.29, 0.717) is 68.3 Å². The SMILES string of the molecule is CCOC(=O)C1CCCCN1NC(=O)C1(c2ccccc2)CCN(CCC2(c3ccccc3)CCN(C(=O)c3cc(OC)c(OC)c(OC)c3)C2)CC1. The lowest BCUT2D eigenvalue weighted by Gasteiger charge is -2.44. The molecule has 1 N–H and O–H groups in total. The van der Waals surface area contributed by atoms with Crippen molar-refractivity contribution in [1.82, 2.24) is 20.2 Å². The molecule has 11 heteroatoms. The minimum Gasteiger partial charge on any atom is -0.493 e. The molecule has 3 heterocycles. The van der Waals surface area contributed by atoms with Crippen LogP contribution in [0.5, 0.6) is 17.2 Å². The molecule has 0 bridgehead atoms. The third kappa shape index (κ3) is 8.01. The van der Waals surface area contributed by atoms with E-state index in [0.717, 1.165) is 50.9 Å². The average molecular weight is 727 g/mol. The highest BCUT2D eigenvalue weighted by atomic mass is 16.5. The molecular formula is C42H54N4O7. The second kappa shape index (κ2) is 17.0. The molecule has 11 nitrogen and oxygen atoms in total. The van der Waals surface area contributed by atoms with Crippen LogP contribution in [-0.2, 0) is 25.2 Å². The van der Waals surface area contributed by atoms with E-state index in [2.05, 4.69) is 46.7 Å². The van der Waals surface area contributed by atoms with E-state index in [-0.39, 0.29) is 23.2 Å². The van der Waals surface area contributed by atoms with Gasteiger partial charge in [0.25, 0.3) is 5.91 Å². The predicted octanol–water partition coefficient (Wildman–Crippen LogP) is 5.37. The summed E-state index contributed by atoms with van der Waals surface area (Å²) >= 11 is 0. The van der Waals surface area contributed by atoms with Gasteiger partial charge >= 0.3 is 5.97 Å². The average Bonchev–Trinajstić information content (AvgIpc) is 3.66. The molecule has 3 aromatic rings. The normalized spacial score (nSPS) is 21.8. The first kappa shape index (κ1) is 38.1. The number of hydrazine groups is 1. The fraction of sp³-hybridized carbons (Fsp3) is 0.500. The maximum atomic E-state index is 14.4. The van der Waals surface area contributed by atoms with E-state index < -0.39 is 11.5 Å². The molecule has 0 radical (unpaired) electrons. The summed E-state index contributed by atoms with van der Waals surface area (Å²) in [4.78, 5) is 45.6. The van der Waals surface area contributed by atoms with Crippen molar-refractivity contribution < 1.29 is 33.3 Å². The Morgan fingerprint density at radius 1 is 0.792 bits per heavy atom. The smallest absolute Gasteiger partial charge is 0.325 e. The number of piperidine rings is 2. The van der Waals surface area contributed by atoms with Gasteiger partial charge in [-0.05, 0) is 94.8 Å². The molecule has 0 aromatic heterocycles. The Labute approximate surface area is 313 Å². The number of esters is 1. The minimum atomic E-state index is -0.720. The summed E-state index contributed by atoms with van der Waals surface area (Å²) in [6.07, 6.45) is 5.53. The van der Waals surface area contributed by atoms with Gasteiger partial charge in [0.05, 0.1) is 33.4 Å². The lowest BCUT2D eigenvalue weighted by molar-refractivity contribution is -0.155. The van der Waals surface area contributed by atoms with Gasteiger partial charge in [-0.1, -0.05) is 60.7 Å². The first-order valence-electron chi connectivity index (χ1n) is 18.9. The fourth-order valence-electron chi connectivity index (χ4n) is 8.53. The van der Waals surface area contributed by atoms with Gasteiger partial charge in [0.1, 0.15) is 6.04 Å². The molecule has 6 rings (SSSR count). The lowest BCUT2D eigenvalue weighted by atomic mass is 9.71. The van der Waals surface area contributed by atoms with Crippen LogP contribution in [0.15, 0.2) is 72.8 Å². The molecule has 53 heavy (non-hydrogen) atoms. The Balaban J connectivity index is 1.17. The van der Waals surface area contributed by atoms with E-state index in [1.54, 1.807) is 33.5 Å². The van der Waals surface area contributed by atoms with Gasteiger partial charge in [-0.15, -0.1) is 0 Å². The molecule has 0 saturated carbocycles. The minimum absolute atomic E-state index is 0.0583. The molecule has 0 spiro atoms. The summed E-state index contributed by atoms with van der Waals surface area (Å²) in [5.41, 5.74) is 4.98. The van der Waals surface area contributed by atoms with E-state index >= 15 is 0 Å². The number of hydrogen-bond donors (Lipinski definition) is 1. The highest BCUT2D eigenvalue weighted by Crippen LogP contribution is 2.42. The van der Waals surface area contributed by atoms with Gasteiger partial charge in [-0.2, -0.15) is 0 Å². The Hall–Kier alpha value is -4.61. The molecule has 3 fully saturated rings. The number of carbonyl (C=O) groups excluding carboxylic acids is 3. The van der Waals surface area contributed by atoms with Crippen molar-refractivity contribution in [1.29, 1.82) is 0 Å². The van der Waals surface area contributed by atoms with Crippen molar-refractivity contribution in [2.75, 3.05) is 67.2 Å². The highest BCUT2D eigenvalue weighted by molar-refractivity contribution is 5.96. The van der Waals surface area contributed by atoms with Gasteiger partial charge in [-0.25, -0.2) is 5.01 Å². The number of likely N-dealkylation sites (tertiary alicyclic amines) is 2. The Morgan fingerprint density at radius 2 is 1.43 bits per heavy atom. The maximum Gasteiger partial charge on any atom is 0.325 e. The monoisotopic (exact) mass is 726 g/mol. The first-order chi connectivity index (χ1) is 25.8. The molecule has 3 aromatic carbocycles. The zero-order valence-corrected chi connectivity index (χ0v) is 31.6. The van der Waals surface area contributed by atoms with Crippen molar-refractivity contribution in [3.63, 3.8) is 0 Å². The Kier molecular flexibility index (Phi) is 12.2. The van der Waals surface area contributed by atoms with Crippen molar-refractivity contribution in [2.45, 2.75) is 68.7 Å². The quantitative estimate of drug-likeness (QED) is 0.233. The second-order valence-corrected chi connectivity index (χ2v) is 14.5. The number of amides is 2. The van der Waals surface area contributed by atoms with Gasteiger partial charge in [-0.3, -0.25) is 19.8 Å². The molecule has 284 valence electrons. The molecule has 3 saturated heterocycles. The molecule has 3 aliphatic heterocycles. The Bertz CT molecular complexity index is 1690. The molecule has 3 aliphatic rings. The van der Waals surface area contributed by atoms with E-state index in [9.17, 15) is 14.4 Å². The van der Waals surface area contributed by atoms with Gasteiger partial charge in [0, 0.05) is 30.6 Å². The summed E-state index contributed by atoms with van der Waals surface area (Å²) in [5, 5.41) is 1.82. The number of hydrogen-bond acceptors (Lipinski definition) is 9. The van der Waals surface area contributed by atoms with E-state index in [1.807, 2.05) is 41.1 Å². The molecular weight excluding hydrogens is 672 g/mol. The fourth-order valence-corrected chi connectivity index (χ4v) is 8.53. The van der Waals surface area contributed by atoms with Crippen LogP contribution in [0.25, 0.3) is 0 Å². The number of nitrogens with one attached hydrogen (secondary N) is 1. The molecule has 2 atom stereocenters. The number of benzene rings is 3. The summed E-state index contributed by atoms with van der Waals surface area (Å²) < 4.78 is 21.9. The number of carbonyl (C=O) groups is 3. The molecule has 2 unspecified atom stereocenters. The van der Waals surface area contributed by atoms with Gasteiger partial charge < -0.3 is 28.7 Å². The van der Waals surface area contributed by atoms with Crippen molar-refractivity contribution in [2.24, 2.45) is 0 Å². The van der Waals surface area contributed by atoms with Crippen LogP contribution in [0, 0.1) is 0 Å². The van der Waals surface area contributed by atoms with E-state index in [4.69, 9.17) is 18.9 Å². The van der Waals surface area contributed by atoms with E-state index in [1.165, 1.54) is 5.56 Å². The molecule has 2 amide bonds. The zero-order chi connectivity index (χ0) is 37.4. The van der Waals surface area contributed by atoms with Gasteiger partial charge in [0.2, 0.25) is 11.7 Å². The van der Waals surface area contributed by atoms with Crippen LogP contribution >= 0.6 is 0 Å². The van der Waals surface area contributed by atoms with Crippen molar-refractivity contribution in [3.05, 3.63) is 89.5 Å². The zero-order valence-electron chi connectivity index (χ0n) is 31.6. The first-order valence-corrected chi connectivity index (χ1v) is 18.9. The predicted molar refractivity (Wildman–Crippen MR) is 202 cm³/mol. The summed E-state index contributed by atoms with van der Waals surface area (Å²) in [6, 6.07) is 23.6. The standard InChI is InChI=1S/C42H54N4O7/c1-5-53-39(48)34-18-12-13-23-46(34)43-40(49)42(33-16-10-7-11-17-33)21-25-44(26-22-42)24-19-41(32-14-8-6-9-15-32)20-27-45(30-41)38(47)31-28-35(50-2)37(52-4)36(29-31)51-3/h6-11,14-17,28-29,34H,5,12-13,18-27,30H2,1-4H3,(H,43,49). The van der Waals surface area contributed by atoms with Crippen LogP contribution in [0.2, 0.25) is 0 Å². The lowest BCUT2D eigenvalue weighted by Crippen LogP contribution is -2.60. The van der Waals surface area contributed by atoms with Crippen LogP contribution in [0.4, 0.5) is 0 Å². The number of methoxy groups -OCH3 is 3. The third-order valence-corrected chi connectivity index (χ3v) is 11.6. The summed E-state index contributed by atoms with van der Waals surface area (Å²) in [7, 11) is 4.65. The van der Waals surface area contributed by atoms with Crippen LogP contribution in [-0.4, -0.2) is 106 Å². The Morgan fingerprint density at radius 3 is 2.04 bits per heavy atom. The topological polar surface area (TPSA) is 110 Å². The number of rotatable bonds is 13. The van der Waals surface area contributed by atoms with Crippen LogP contribution < -0.4 is 19.6 Å². The maximum absolute atomic E-state index is 14.4. The second-order valence-electron chi connectivity index (χ2n) is 14.5. The highest BCUT2D eigenvalue weighted by Gasteiger charge is 2.46.